The van der Waals surface area contributed by atoms with E-state index < -0.39 is 21.7 Å². The van der Waals surface area contributed by atoms with Crippen molar-refractivity contribution in [1.82, 2.24) is 9.62 Å². The lowest BCUT2D eigenvalue weighted by Gasteiger charge is -2.26. The molecule has 158 valence electrons. The fraction of sp³-hybridized carbons (Fsp3) is 0.400. The first-order valence-corrected chi connectivity index (χ1v) is 10.6. The lowest BCUT2D eigenvalue weighted by atomic mass is 10.0. The van der Waals surface area contributed by atoms with Gasteiger partial charge in [-0.3, -0.25) is 0 Å². The molecule has 1 fully saturated rings. The molecule has 3 N–H and O–H groups in total. The molecule has 9 heteroatoms. The van der Waals surface area contributed by atoms with Crippen molar-refractivity contribution in [3.63, 3.8) is 0 Å². The van der Waals surface area contributed by atoms with Gasteiger partial charge in [0.05, 0.1) is 25.2 Å². The number of sulfonamides is 1. The summed E-state index contributed by atoms with van der Waals surface area (Å²) < 4.78 is 37.2. The zero-order valence-corrected chi connectivity index (χ0v) is 17.2. The molecule has 1 aliphatic rings. The molecule has 0 spiro atoms. The molecule has 2 aromatic carbocycles. The molecule has 8 nitrogen and oxygen atoms in total. The molecule has 2 atom stereocenters. The summed E-state index contributed by atoms with van der Waals surface area (Å²) in [4.78, 5) is 0.132. The predicted molar refractivity (Wildman–Crippen MR) is 107 cm³/mol. The van der Waals surface area contributed by atoms with Crippen molar-refractivity contribution in [2.24, 2.45) is 0 Å². The quantitative estimate of drug-likeness (QED) is 0.571. The van der Waals surface area contributed by atoms with Crippen molar-refractivity contribution in [2.75, 3.05) is 33.9 Å². The monoisotopic (exact) mass is 422 g/mol. The van der Waals surface area contributed by atoms with Crippen molar-refractivity contribution in [3.05, 3.63) is 54.1 Å². The number of methoxy groups -OCH3 is 2. The van der Waals surface area contributed by atoms with Crippen LogP contribution in [0.4, 0.5) is 0 Å². The van der Waals surface area contributed by atoms with Gasteiger partial charge in [-0.2, -0.15) is 4.31 Å². The van der Waals surface area contributed by atoms with Gasteiger partial charge in [-0.25, -0.2) is 8.42 Å². The van der Waals surface area contributed by atoms with E-state index >= 15 is 0 Å². The normalized spacial score (nSPS) is 22.6. The average molecular weight is 423 g/mol. The second-order valence-electron chi connectivity index (χ2n) is 7.01. The summed E-state index contributed by atoms with van der Waals surface area (Å²) >= 11 is 0. The number of hydrogen-bond acceptors (Lipinski definition) is 7. The Hall–Kier alpha value is -2.17. The molecule has 3 rings (SSSR count). The highest BCUT2D eigenvalue weighted by Crippen LogP contribution is 2.28. The third kappa shape index (κ3) is 4.54. The van der Waals surface area contributed by atoms with Crippen molar-refractivity contribution in [2.45, 2.75) is 23.1 Å². The zero-order chi connectivity index (χ0) is 21.1. The lowest BCUT2D eigenvalue weighted by molar-refractivity contribution is -0.0384. The first-order valence-electron chi connectivity index (χ1n) is 9.17. The number of ether oxygens (including phenoxy) is 2. The largest absolute Gasteiger partial charge is 0.497 e. The van der Waals surface area contributed by atoms with Crippen LogP contribution >= 0.6 is 0 Å². The standard InChI is InChI=1S/C20H26N2O6S/c1-27-16-9-8-15(18(10-16)28-2)11-21-13-20(24)14-22(12-19(20)23)29(25,26)17-6-4-3-5-7-17/h3-10,19,21,23-24H,11-14H2,1-2H3/t19-,20+/m1/s1. The van der Waals surface area contributed by atoms with Gasteiger partial charge in [-0.15, -0.1) is 0 Å². The molecule has 0 aromatic heterocycles. The minimum Gasteiger partial charge on any atom is -0.497 e. The Kier molecular flexibility index (Phi) is 6.45. The van der Waals surface area contributed by atoms with Gasteiger partial charge < -0.3 is 25.0 Å². The van der Waals surface area contributed by atoms with Crippen LogP contribution in [-0.4, -0.2) is 68.5 Å². The van der Waals surface area contributed by atoms with Crippen LogP contribution in [0, 0.1) is 0 Å². The lowest BCUT2D eigenvalue weighted by Crippen LogP contribution is -2.50. The van der Waals surface area contributed by atoms with Crippen molar-refractivity contribution in [1.29, 1.82) is 0 Å². The zero-order valence-electron chi connectivity index (χ0n) is 16.4. The third-order valence-electron chi connectivity index (χ3n) is 5.07. The Morgan fingerprint density at radius 1 is 1.17 bits per heavy atom. The predicted octanol–water partition coefficient (Wildman–Crippen LogP) is 0.590. The fourth-order valence-electron chi connectivity index (χ4n) is 3.35. The highest BCUT2D eigenvalue weighted by Gasteiger charge is 2.48. The molecular formula is C20H26N2O6S. The SMILES string of the molecule is COc1ccc(CNC[C@]2(O)CN(S(=O)(=O)c3ccccc3)C[C@H]2O)c(OC)c1. The van der Waals surface area contributed by atoms with Crippen molar-refractivity contribution in [3.8, 4) is 11.5 Å². The summed E-state index contributed by atoms with van der Waals surface area (Å²) in [6.45, 7) is 0.0250. The van der Waals surface area contributed by atoms with E-state index in [0.717, 1.165) is 9.87 Å². The minimum absolute atomic E-state index is 0.0180. The molecule has 1 saturated heterocycles. The van der Waals surface area contributed by atoms with Crippen LogP contribution in [0.1, 0.15) is 5.56 Å². The Labute approximate surface area is 170 Å². The van der Waals surface area contributed by atoms with Crippen LogP contribution in [0.25, 0.3) is 0 Å². The van der Waals surface area contributed by atoms with Gasteiger partial charge in [0.15, 0.2) is 0 Å². The number of benzene rings is 2. The summed E-state index contributed by atoms with van der Waals surface area (Å²) in [5.41, 5.74) is -0.750. The van der Waals surface area contributed by atoms with Gasteiger partial charge >= 0.3 is 0 Å². The summed E-state index contributed by atoms with van der Waals surface area (Å²) in [6.07, 6.45) is -1.20. The molecule has 2 aromatic rings. The fourth-order valence-corrected chi connectivity index (χ4v) is 4.88. The van der Waals surface area contributed by atoms with Gasteiger partial charge in [-0.1, -0.05) is 24.3 Å². The molecule has 0 radical (unpaired) electrons. The maximum atomic E-state index is 12.8. The van der Waals surface area contributed by atoms with Crippen LogP contribution in [0.3, 0.4) is 0 Å². The van der Waals surface area contributed by atoms with E-state index in [-0.39, 0.29) is 24.5 Å². The molecule has 0 amide bonds. The summed E-state index contributed by atoms with van der Waals surface area (Å²) in [5.74, 6) is 1.29. The van der Waals surface area contributed by atoms with E-state index in [0.29, 0.717) is 18.0 Å². The Morgan fingerprint density at radius 3 is 2.55 bits per heavy atom. The average Bonchev–Trinajstić information content (AvgIpc) is 3.04. The molecule has 0 aliphatic carbocycles. The van der Waals surface area contributed by atoms with Crippen molar-refractivity contribution >= 4 is 10.0 Å². The van der Waals surface area contributed by atoms with E-state index in [1.807, 2.05) is 6.07 Å². The van der Waals surface area contributed by atoms with Gasteiger partial charge in [-0.05, 0) is 18.2 Å². The molecule has 0 unspecified atom stereocenters. The van der Waals surface area contributed by atoms with Crippen molar-refractivity contribution < 1.29 is 28.1 Å². The second-order valence-corrected chi connectivity index (χ2v) is 8.95. The smallest absolute Gasteiger partial charge is 0.243 e. The Bertz CT molecular complexity index is 937. The van der Waals surface area contributed by atoms with Gasteiger partial charge in [0.1, 0.15) is 17.1 Å². The number of aliphatic hydroxyl groups excluding tert-OH is 1. The number of rotatable bonds is 8. The topological polar surface area (TPSA) is 108 Å². The van der Waals surface area contributed by atoms with Gasteiger partial charge in [0.2, 0.25) is 10.0 Å². The number of nitrogens with zero attached hydrogens (tertiary/aromatic N) is 1. The summed E-state index contributed by atoms with van der Waals surface area (Å²) in [6, 6.07) is 13.4. The van der Waals surface area contributed by atoms with E-state index in [1.54, 1.807) is 44.6 Å². The highest BCUT2D eigenvalue weighted by atomic mass is 32.2. The number of aliphatic hydroxyl groups is 2. The highest BCUT2D eigenvalue weighted by molar-refractivity contribution is 7.89. The van der Waals surface area contributed by atoms with E-state index in [9.17, 15) is 18.6 Å². The van der Waals surface area contributed by atoms with Crippen LogP contribution in [0.2, 0.25) is 0 Å². The maximum Gasteiger partial charge on any atom is 0.243 e. The van der Waals surface area contributed by atoms with Gasteiger partial charge in [0, 0.05) is 37.8 Å². The molecule has 0 saturated carbocycles. The van der Waals surface area contributed by atoms with Crippen LogP contribution in [-0.2, 0) is 16.6 Å². The van der Waals surface area contributed by atoms with Gasteiger partial charge in [0.25, 0.3) is 0 Å². The summed E-state index contributed by atoms with van der Waals surface area (Å²) in [5, 5.41) is 24.3. The second kappa shape index (κ2) is 8.68. The Balaban J connectivity index is 1.66. The number of β-amino-alcohol motifs (C(OH)–C–C–N with tert-alkyl or cyclic N) is 2. The van der Waals surface area contributed by atoms with E-state index in [1.165, 1.54) is 12.1 Å². The number of nitrogens with one attached hydrogen (secondary N) is 1. The molecular weight excluding hydrogens is 396 g/mol. The van der Waals surface area contributed by atoms with E-state index in [2.05, 4.69) is 5.32 Å². The molecule has 1 aliphatic heterocycles. The maximum absolute atomic E-state index is 12.8. The molecule has 29 heavy (non-hydrogen) atoms. The first-order chi connectivity index (χ1) is 13.8. The molecule has 0 bridgehead atoms. The summed E-state index contributed by atoms with van der Waals surface area (Å²) in [7, 11) is -0.664. The van der Waals surface area contributed by atoms with E-state index in [4.69, 9.17) is 9.47 Å². The third-order valence-corrected chi connectivity index (χ3v) is 6.89. The first kappa shape index (κ1) is 21.5. The number of hydrogen-bond donors (Lipinski definition) is 3. The molecule has 1 heterocycles. The van der Waals surface area contributed by atoms with Crippen LogP contribution in [0.5, 0.6) is 11.5 Å². The Morgan fingerprint density at radius 2 is 1.90 bits per heavy atom. The van der Waals surface area contributed by atoms with Crippen LogP contribution in [0.15, 0.2) is 53.4 Å². The van der Waals surface area contributed by atoms with Crippen LogP contribution < -0.4 is 14.8 Å². The minimum atomic E-state index is -3.79.